The Kier molecular flexibility index (Phi) is 6.62. The van der Waals surface area contributed by atoms with Gasteiger partial charge in [0.15, 0.2) is 5.69 Å². The molecule has 1 aromatic carbocycles. The molecule has 1 heterocycles. The van der Waals surface area contributed by atoms with Gasteiger partial charge in [0.25, 0.3) is 5.91 Å². The van der Waals surface area contributed by atoms with Crippen molar-refractivity contribution in [3.05, 3.63) is 46.7 Å². The van der Waals surface area contributed by atoms with Crippen LogP contribution in [-0.4, -0.2) is 45.0 Å². The van der Waals surface area contributed by atoms with Gasteiger partial charge >= 0.3 is 5.97 Å². The first-order valence-electron chi connectivity index (χ1n) is 8.57. The highest BCUT2D eigenvalue weighted by molar-refractivity contribution is 6.32. The third kappa shape index (κ3) is 5.80. The van der Waals surface area contributed by atoms with Gasteiger partial charge in [0.2, 0.25) is 0 Å². The lowest BCUT2D eigenvalue weighted by molar-refractivity contribution is -0.140. The average Bonchev–Trinajstić information content (AvgIpc) is 2.94. The van der Waals surface area contributed by atoms with E-state index in [4.69, 9.17) is 16.3 Å². The van der Waals surface area contributed by atoms with Crippen molar-refractivity contribution in [1.29, 1.82) is 0 Å². The summed E-state index contributed by atoms with van der Waals surface area (Å²) < 4.78 is 7.05. The number of ether oxygens (including phenoxy) is 1. The van der Waals surface area contributed by atoms with Crippen molar-refractivity contribution in [2.24, 2.45) is 0 Å². The average molecular weight is 394 g/mol. The van der Waals surface area contributed by atoms with Crippen molar-refractivity contribution in [3.8, 4) is 5.69 Å². The number of nitrogens with zero attached hydrogens (tertiary/aromatic N) is 2. The molecule has 0 aliphatic rings. The molecule has 146 valence electrons. The molecule has 27 heavy (non-hydrogen) atoms. The molecule has 0 spiro atoms. The number of hydrogen-bond acceptors (Lipinski definition) is 4. The molecular formula is C19H24ClN3O4. The van der Waals surface area contributed by atoms with Crippen molar-refractivity contribution in [2.75, 3.05) is 6.61 Å². The molecule has 0 saturated heterocycles. The Morgan fingerprint density at radius 2 is 2.00 bits per heavy atom. The monoisotopic (exact) mass is 393 g/mol. The Hall–Kier alpha value is -2.38. The van der Waals surface area contributed by atoms with Crippen molar-refractivity contribution >= 4 is 23.5 Å². The summed E-state index contributed by atoms with van der Waals surface area (Å²) in [6.07, 6.45) is 1.83. The quantitative estimate of drug-likeness (QED) is 0.753. The molecule has 7 nitrogen and oxygen atoms in total. The molecule has 0 fully saturated rings. The summed E-state index contributed by atoms with van der Waals surface area (Å²) in [6.45, 7) is 7.59. The number of hydrogen-bond donors (Lipinski definition) is 2. The normalized spacial score (nSPS) is 12.6. The van der Waals surface area contributed by atoms with Crippen LogP contribution >= 0.6 is 11.6 Å². The van der Waals surface area contributed by atoms with E-state index in [1.165, 1.54) is 4.68 Å². The van der Waals surface area contributed by atoms with Crippen LogP contribution in [0.25, 0.3) is 5.69 Å². The number of aliphatic carboxylic acids is 1. The van der Waals surface area contributed by atoms with Crippen LogP contribution in [0.15, 0.2) is 30.5 Å². The second kappa shape index (κ2) is 8.54. The third-order valence-electron chi connectivity index (χ3n) is 3.76. The molecule has 0 radical (unpaired) electrons. The fourth-order valence-electron chi connectivity index (χ4n) is 2.41. The minimum atomic E-state index is -1.12. The highest BCUT2D eigenvalue weighted by Gasteiger charge is 2.24. The first-order chi connectivity index (χ1) is 12.6. The second-order valence-electron chi connectivity index (χ2n) is 7.17. The molecule has 1 unspecified atom stereocenters. The number of benzene rings is 1. The van der Waals surface area contributed by atoms with E-state index >= 15 is 0 Å². The van der Waals surface area contributed by atoms with Crippen LogP contribution < -0.4 is 5.32 Å². The number of para-hydroxylation sites is 1. The molecule has 2 N–H and O–H groups in total. The number of halogens is 1. The van der Waals surface area contributed by atoms with Gasteiger partial charge in [-0.15, -0.1) is 0 Å². The summed E-state index contributed by atoms with van der Waals surface area (Å²) >= 11 is 6.17. The number of aromatic nitrogens is 2. The lowest BCUT2D eigenvalue weighted by atomic mass is 10.1. The highest BCUT2D eigenvalue weighted by Crippen LogP contribution is 2.20. The number of carbonyl (C=O) groups excluding carboxylic acids is 1. The summed E-state index contributed by atoms with van der Waals surface area (Å²) in [7, 11) is 0. The number of rotatable bonds is 7. The van der Waals surface area contributed by atoms with Crippen molar-refractivity contribution in [1.82, 2.24) is 15.1 Å². The summed E-state index contributed by atoms with van der Waals surface area (Å²) in [6, 6.07) is 6.05. The Balaban J connectivity index is 2.12. The molecule has 1 amide bonds. The van der Waals surface area contributed by atoms with E-state index in [0.717, 1.165) is 0 Å². The number of aryl methyl sites for hydroxylation is 1. The zero-order valence-corrected chi connectivity index (χ0v) is 16.6. The van der Waals surface area contributed by atoms with Crippen LogP contribution in [-0.2, 0) is 9.53 Å². The van der Waals surface area contributed by atoms with E-state index in [1.54, 1.807) is 31.3 Å². The maximum atomic E-state index is 12.5. The number of carboxylic acid groups (broad SMARTS) is 1. The topological polar surface area (TPSA) is 93.5 Å². The molecule has 0 bridgehead atoms. The summed E-state index contributed by atoms with van der Waals surface area (Å²) in [4.78, 5) is 24.0. The van der Waals surface area contributed by atoms with Gasteiger partial charge in [0.1, 0.15) is 6.04 Å². The predicted molar refractivity (Wildman–Crippen MR) is 103 cm³/mol. The van der Waals surface area contributed by atoms with Crippen LogP contribution in [0.1, 0.15) is 43.2 Å². The van der Waals surface area contributed by atoms with E-state index in [1.807, 2.05) is 26.8 Å². The van der Waals surface area contributed by atoms with E-state index in [9.17, 15) is 14.7 Å². The van der Waals surface area contributed by atoms with Gasteiger partial charge in [-0.1, -0.05) is 23.7 Å². The number of amides is 1. The molecule has 2 rings (SSSR count). The maximum Gasteiger partial charge on any atom is 0.326 e. The second-order valence-corrected chi connectivity index (χ2v) is 7.58. The molecule has 0 aliphatic heterocycles. The first kappa shape index (κ1) is 20.9. The summed E-state index contributed by atoms with van der Waals surface area (Å²) in [5, 5.41) is 16.6. The standard InChI is InChI=1S/C19H24ClN3O4/c1-12-11-23(15-8-6-5-7-13(15)20)22-16(12)17(24)21-14(18(25)26)9-10-27-19(2,3)4/h5-8,11,14H,9-10H2,1-4H3,(H,21,24)(H,25,26). The van der Waals surface area contributed by atoms with Crippen LogP contribution in [0.2, 0.25) is 5.02 Å². The van der Waals surface area contributed by atoms with Gasteiger partial charge in [-0.25, -0.2) is 9.48 Å². The van der Waals surface area contributed by atoms with Gasteiger partial charge in [0.05, 0.1) is 16.3 Å². The van der Waals surface area contributed by atoms with Crippen molar-refractivity contribution in [2.45, 2.75) is 45.8 Å². The molecule has 1 aromatic heterocycles. The summed E-state index contributed by atoms with van der Waals surface area (Å²) in [5.74, 6) is -1.68. The number of carboxylic acids is 1. The third-order valence-corrected chi connectivity index (χ3v) is 4.08. The smallest absolute Gasteiger partial charge is 0.326 e. The molecular weight excluding hydrogens is 370 g/mol. The lowest BCUT2D eigenvalue weighted by Crippen LogP contribution is -2.42. The van der Waals surface area contributed by atoms with Gasteiger partial charge in [0, 0.05) is 24.8 Å². The predicted octanol–water partition coefficient (Wildman–Crippen LogP) is 3.22. The highest BCUT2D eigenvalue weighted by atomic mass is 35.5. The van der Waals surface area contributed by atoms with Crippen LogP contribution in [0, 0.1) is 6.92 Å². The lowest BCUT2D eigenvalue weighted by Gasteiger charge is -2.21. The van der Waals surface area contributed by atoms with E-state index in [-0.39, 0.29) is 24.3 Å². The van der Waals surface area contributed by atoms with Crippen LogP contribution in [0.5, 0.6) is 0 Å². The Bertz CT molecular complexity index is 827. The molecule has 0 saturated carbocycles. The number of nitrogens with one attached hydrogen (secondary N) is 1. The Labute approximate surface area is 163 Å². The zero-order chi connectivity index (χ0) is 20.2. The zero-order valence-electron chi connectivity index (χ0n) is 15.8. The molecule has 1 atom stereocenters. The van der Waals surface area contributed by atoms with Gasteiger partial charge in [-0.3, -0.25) is 4.79 Å². The SMILES string of the molecule is Cc1cn(-c2ccccc2Cl)nc1C(=O)NC(CCOC(C)(C)C)C(=O)O. The maximum absolute atomic E-state index is 12.5. The number of carbonyl (C=O) groups is 2. The largest absolute Gasteiger partial charge is 0.480 e. The van der Waals surface area contributed by atoms with Gasteiger partial charge in [-0.05, 0) is 39.8 Å². The molecule has 2 aromatic rings. The van der Waals surface area contributed by atoms with Gasteiger partial charge < -0.3 is 15.2 Å². The molecule has 0 aliphatic carbocycles. The Morgan fingerprint density at radius 3 is 2.59 bits per heavy atom. The fourth-order valence-corrected chi connectivity index (χ4v) is 2.63. The van der Waals surface area contributed by atoms with Crippen LogP contribution in [0.4, 0.5) is 0 Å². The van der Waals surface area contributed by atoms with E-state index in [2.05, 4.69) is 10.4 Å². The van der Waals surface area contributed by atoms with Crippen LogP contribution in [0.3, 0.4) is 0 Å². The first-order valence-corrected chi connectivity index (χ1v) is 8.95. The minimum Gasteiger partial charge on any atom is -0.480 e. The van der Waals surface area contributed by atoms with Gasteiger partial charge in [-0.2, -0.15) is 5.10 Å². The Morgan fingerprint density at radius 1 is 1.33 bits per heavy atom. The summed E-state index contributed by atoms with van der Waals surface area (Å²) in [5.41, 5.74) is 1.02. The van der Waals surface area contributed by atoms with E-state index in [0.29, 0.717) is 16.3 Å². The van der Waals surface area contributed by atoms with Crippen molar-refractivity contribution < 1.29 is 19.4 Å². The van der Waals surface area contributed by atoms with Crippen molar-refractivity contribution in [3.63, 3.8) is 0 Å². The minimum absolute atomic E-state index is 0.151. The fraction of sp³-hybridized carbons (Fsp3) is 0.421. The van der Waals surface area contributed by atoms with E-state index < -0.39 is 17.9 Å². The molecule has 8 heteroatoms.